The molecule has 0 fully saturated rings. The highest BCUT2D eigenvalue weighted by Gasteiger charge is 2.26. The highest BCUT2D eigenvalue weighted by atomic mass is 16.5. The Morgan fingerprint density at radius 1 is 1.14 bits per heavy atom. The number of fused-ring (bicyclic) bond motifs is 1. The van der Waals surface area contributed by atoms with Gasteiger partial charge in [-0.1, -0.05) is 30.3 Å². The molecule has 0 radical (unpaired) electrons. The zero-order valence-corrected chi connectivity index (χ0v) is 15.8. The third kappa shape index (κ3) is 3.81. The van der Waals surface area contributed by atoms with Crippen molar-refractivity contribution >= 4 is 17.4 Å². The number of rotatable bonds is 6. The number of ether oxygens (including phenoxy) is 1. The second-order valence-electron chi connectivity index (χ2n) is 6.65. The molecule has 0 saturated carbocycles. The summed E-state index contributed by atoms with van der Waals surface area (Å²) in [4.78, 5) is 23.1. The zero-order chi connectivity index (χ0) is 19.3. The van der Waals surface area contributed by atoms with Gasteiger partial charge < -0.3 is 15.0 Å². The van der Waals surface area contributed by atoms with Crippen molar-refractivity contribution in [1.29, 1.82) is 0 Å². The summed E-state index contributed by atoms with van der Waals surface area (Å²) in [6, 6.07) is 17.7. The lowest BCUT2D eigenvalue weighted by molar-refractivity contribution is 0.0984. The third-order valence-corrected chi connectivity index (χ3v) is 4.87. The quantitative estimate of drug-likeness (QED) is 0.717. The van der Waals surface area contributed by atoms with Crippen molar-refractivity contribution in [3.05, 3.63) is 77.7 Å². The summed E-state index contributed by atoms with van der Waals surface area (Å²) >= 11 is 0. The van der Waals surface area contributed by atoms with Crippen LogP contribution in [0.2, 0.25) is 0 Å². The molecule has 6 heteroatoms. The summed E-state index contributed by atoms with van der Waals surface area (Å²) in [6.07, 6.45) is 3.13. The molecule has 1 amide bonds. The second kappa shape index (κ2) is 8.08. The molecular formula is C22H22N4O2. The van der Waals surface area contributed by atoms with E-state index in [4.69, 9.17) is 4.74 Å². The molecule has 0 unspecified atom stereocenters. The molecule has 1 aliphatic rings. The standard InChI is InChI=1S/C22H22N4O2/c1-28-18-7-4-5-16(13-18)9-11-23-21-14-19(24-15-25-21)22(27)26-12-10-17-6-2-3-8-20(17)26/h2-8,13-15H,9-12H2,1H3,(H,23,24,25). The second-order valence-corrected chi connectivity index (χ2v) is 6.65. The Hall–Kier alpha value is -3.41. The maximum atomic E-state index is 12.9. The van der Waals surface area contributed by atoms with E-state index in [9.17, 15) is 4.79 Å². The number of hydrogen-bond donors (Lipinski definition) is 1. The largest absolute Gasteiger partial charge is 0.497 e. The maximum absolute atomic E-state index is 12.9. The lowest BCUT2D eigenvalue weighted by atomic mass is 10.1. The number of nitrogens with one attached hydrogen (secondary N) is 1. The van der Waals surface area contributed by atoms with Crippen LogP contribution in [0.3, 0.4) is 0 Å². The molecule has 3 aromatic rings. The van der Waals surface area contributed by atoms with Crippen LogP contribution in [0.15, 0.2) is 60.9 Å². The molecule has 2 heterocycles. The fourth-order valence-corrected chi connectivity index (χ4v) is 3.42. The van der Waals surface area contributed by atoms with Gasteiger partial charge in [0.1, 0.15) is 23.6 Å². The first-order valence-corrected chi connectivity index (χ1v) is 9.33. The van der Waals surface area contributed by atoms with E-state index in [-0.39, 0.29) is 5.91 Å². The van der Waals surface area contributed by atoms with E-state index in [1.807, 2.05) is 36.4 Å². The number of benzene rings is 2. The van der Waals surface area contributed by atoms with Gasteiger partial charge in [0.2, 0.25) is 0 Å². The number of carbonyl (C=O) groups is 1. The van der Waals surface area contributed by atoms with Crippen LogP contribution in [0.25, 0.3) is 0 Å². The van der Waals surface area contributed by atoms with E-state index in [0.29, 0.717) is 24.6 Å². The van der Waals surface area contributed by atoms with Crippen molar-refractivity contribution in [1.82, 2.24) is 9.97 Å². The Bertz CT molecular complexity index is 990. The first-order valence-electron chi connectivity index (χ1n) is 9.33. The van der Waals surface area contributed by atoms with Gasteiger partial charge in [-0.15, -0.1) is 0 Å². The number of hydrogen-bond acceptors (Lipinski definition) is 5. The minimum Gasteiger partial charge on any atom is -0.497 e. The summed E-state index contributed by atoms with van der Waals surface area (Å²) in [5, 5.41) is 3.27. The summed E-state index contributed by atoms with van der Waals surface area (Å²) in [7, 11) is 1.66. The van der Waals surface area contributed by atoms with Crippen LogP contribution >= 0.6 is 0 Å². The van der Waals surface area contributed by atoms with E-state index >= 15 is 0 Å². The van der Waals surface area contributed by atoms with Gasteiger partial charge in [0, 0.05) is 24.8 Å². The first-order chi connectivity index (χ1) is 13.7. The van der Waals surface area contributed by atoms with Crippen LogP contribution in [-0.4, -0.2) is 36.1 Å². The molecule has 6 nitrogen and oxygen atoms in total. The molecular weight excluding hydrogens is 352 g/mol. The van der Waals surface area contributed by atoms with E-state index < -0.39 is 0 Å². The molecule has 1 N–H and O–H groups in total. The molecule has 142 valence electrons. The summed E-state index contributed by atoms with van der Waals surface area (Å²) < 4.78 is 5.25. The van der Waals surface area contributed by atoms with Crippen molar-refractivity contribution in [3.8, 4) is 5.75 Å². The van der Waals surface area contributed by atoms with E-state index in [1.54, 1.807) is 18.1 Å². The molecule has 0 saturated heterocycles. The average Bonchev–Trinajstić information content (AvgIpc) is 3.18. The number of anilines is 2. The number of para-hydroxylation sites is 1. The van der Waals surface area contributed by atoms with E-state index in [2.05, 4.69) is 27.4 Å². The predicted molar refractivity (Wildman–Crippen MR) is 109 cm³/mol. The summed E-state index contributed by atoms with van der Waals surface area (Å²) in [6.45, 7) is 1.38. The topological polar surface area (TPSA) is 67.3 Å². The first kappa shape index (κ1) is 18.0. The van der Waals surface area contributed by atoms with E-state index in [1.165, 1.54) is 17.5 Å². The number of carbonyl (C=O) groups excluding carboxylic acids is 1. The van der Waals surface area contributed by atoms with Gasteiger partial charge >= 0.3 is 0 Å². The Labute approximate surface area is 164 Å². The average molecular weight is 374 g/mol. The van der Waals surface area contributed by atoms with Crippen molar-refractivity contribution in [2.45, 2.75) is 12.8 Å². The molecule has 2 aromatic carbocycles. The number of nitrogens with zero attached hydrogens (tertiary/aromatic N) is 3. The van der Waals surface area contributed by atoms with Gasteiger partial charge in [-0.25, -0.2) is 9.97 Å². The van der Waals surface area contributed by atoms with Gasteiger partial charge in [0.05, 0.1) is 7.11 Å². The van der Waals surface area contributed by atoms with Crippen molar-refractivity contribution in [2.75, 3.05) is 30.4 Å². The van der Waals surface area contributed by atoms with Crippen molar-refractivity contribution in [2.24, 2.45) is 0 Å². The normalized spacial score (nSPS) is 12.5. The minimum atomic E-state index is -0.0943. The van der Waals surface area contributed by atoms with Crippen LogP contribution in [0.4, 0.5) is 11.5 Å². The Morgan fingerprint density at radius 3 is 2.93 bits per heavy atom. The van der Waals surface area contributed by atoms with Gasteiger partial charge in [-0.05, 0) is 42.2 Å². The maximum Gasteiger partial charge on any atom is 0.277 e. The monoisotopic (exact) mass is 374 g/mol. The smallest absolute Gasteiger partial charge is 0.277 e. The van der Waals surface area contributed by atoms with Crippen molar-refractivity contribution < 1.29 is 9.53 Å². The lowest BCUT2D eigenvalue weighted by Crippen LogP contribution is -2.29. The Morgan fingerprint density at radius 2 is 2.04 bits per heavy atom. The molecule has 28 heavy (non-hydrogen) atoms. The molecule has 0 atom stereocenters. The van der Waals surface area contributed by atoms with Gasteiger partial charge in [0.25, 0.3) is 5.91 Å². The fraction of sp³-hybridized carbons (Fsp3) is 0.227. The van der Waals surface area contributed by atoms with Crippen LogP contribution in [0, 0.1) is 0 Å². The number of aromatic nitrogens is 2. The molecule has 1 aliphatic heterocycles. The highest BCUT2D eigenvalue weighted by Crippen LogP contribution is 2.28. The van der Waals surface area contributed by atoms with Gasteiger partial charge in [-0.2, -0.15) is 0 Å². The number of amides is 1. The zero-order valence-electron chi connectivity index (χ0n) is 15.8. The molecule has 4 rings (SSSR count). The van der Waals surface area contributed by atoms with Crippen LogP contribution in [0.1, 0.15) is 21.6 Å². The minimum absolute atomic E-state index is 0.0943. The molecule has 0 aliphatic carbocycles. The summed E-state index contributed by atoms with van der Waals surface area (Å²) in [5.41, 5.74) is 3.74. The number of methoxy groups -OCH3 is 1. The summed E-state index contributed by atoms with van der Waals surface area (Å²) in [5.74, 6) is 1.40. The third-order valence-electron chi connectivity index (χ3n) is 4.87. The van der Waals surface area contributed by atoms with E-state index in [0.717, 1.165) is 24.3 Å². The molecule has 1 aromatic heterocycles. The van der Waals surface area contributed by atoms with Gasteiger partial charge in [-0.3, -0.25) is 4.79 Å². The van der Waals surface area contributed by atoms with Crippen LogP contribution in [0.5, 0.6) is 5.75 Å². The molecule has 0 spiro atoms. The SMILES string of the molecule is COc1cccc(CCNc2cc(C(=O)N3CCc4ccccc43)ncn2)c1. The molecule has 0 bridgehead atoms. The highest BCUT2D eigenvalue weighted by molar-refractivity contribution is 6.06. The van der Waals surface area contributed by atoms with Gasteiger partial charge in [0.15, 0.2) is 0 Å². The Balaban J connectivity index is 1.41. The van der Waals surface area contributed by atoms with Crippen molar-refractivity contribution in [3.63, 3.8) is 0 Å². The Kier molecular flexibility index (Phi) is 5.19. The fourth-order valence-electron chi connectivity index (χ4n) is 3.42. The predicted octanol–water partition coefficient (Wildman–Crippen LogP) is 3.34. The van der Waals surface area contributed by atoms with Crippen LogP contribution < -0.4 is 15.0 Å². The van der Waals surface area contributed by atoms with Crippen LogP contribution in [-0.2, 0) is 12.8 Å². The lowest BCUT2D eigenvalue weighted by Gasteiger charge is -2.17.